The van der Waals surface area contributed by atoms with Crippen LogP contribution in [0.15, 0.2) is 17.1 Å². The van der Waals surface area contributed by atoms with Gasteiger partial charge in [-0.25, -0.2) is 4.99 Å². The van der Waals surface area contributed by atoms with Gasteiger partial charge in [0.05, 0.1) is 27.9 Å². The first-order valence-electron chi connectivity index (χ1n) is 5.46. The van der Waals surface area contributed by atoms with Gasteiger partial charge in [0.25, 0.3) is 6.02 Å². The number of aliphatic imine (C=N–C) groups is 1. The van der Waals surface area contributed by atoms with Gasteiger partial charge in [-0.2, -0.15) is 0 Å². The Morgan fingerprint density at radius 3 is 2.22 bits per heavy atom. The molecule has 1 aromatic carbocycles. The second-order valence-corrected chi connectivity index (χ2v) is 3.73. The summed E-state index contributed by atoms with van der Waals surface area (Å²) in [5.41, 5.74) is 6.34. The second-order valence-electron chi connectivity index (χ2n) is 3.73. The van der Waals surface area contributed by atoms with Crippen LogP contribution in [0.4, 0.5) is 0 Å². The van der Waals surface area contributed by atoms with Crippen molar-refractivity contribution in [3.8, 4) is 17.2 Å². The van der Waals surface area contributed by atoms with E-state index in [1.165, 1.54) is 0 Å². The lowest BCUT2D eigenvalue weighted by Crippen LogP contribution is -2.13. The molecular formula is C12H16N2O4. The van der Waals surface area contributed by atoms with Gasteiger partial charge in [-0.05, 0) is 6.07 Å². The van der Waals surface area contributed by atoms with Crippen molar-refractivity contribution in [2.45, 2.75) is 6.10 Å². The lowest BCUT2D eigenvalue weighted by Gasteiger charge is -2.17. The largest absolute Gasteiger partial charge is 0.496 e. The highest BCUT2D eigenvalue weighted by Crippen LogP contribution is 2.39. The summed E-state index contributed by atoms with van der Waals surface area (Å²) in [4.78, 5) is 4.01. The zero-order valence-electron chi connectivity index (χ0n) is 10.6. The Bertz CT molecular complexity index is 473. The number of hydrogen-bond acceptors (Lipinski definition) is 6. The number of amidine groups is 1. The van der Waals surface area contributed by atoms with Crippen molar-refractivity contribution >= 4 is 6.02 Å². The van der Waals surface area contributed by atoms with Crippen LogP contribution in [0.1, 0.15) is 11.7 Å². The minimum absolute atomic E-state index is 0.192. The van der Waals surface area contributed by atoms with Gasteiger partial charge in [-0.3, -0.25) is 0 Å². The maximum absolute atomic E-state index is 5.51. The number of hydrogen-bond donors (Lipinski definition) is 1. The molecule has 0 amide bonds. The lowest BCUT2D eigenvalue weighted by molar-refractivity contribution is 0.219. The molecule has 0 spiro atoms. The Morgan fingerprint density at radius 2 is 1.72 bits per heavy atom. The number of nitrogens with two attached hydrogens (primary N) is 1. The topological polar surface area (TPSA) is 75.3 Å². The van der Waals surface area contributed by atoms with E-state index in [-0.39, 0.29) is 12.1 Å². The van der Waals surface area contributed by atoms with Crippen LogP contribution in [-0.2, 0) is 4.74 Å². The Labute approximate surface area is 105 Å². The highest BCUT2D eigenvalue weighted by atomic mass is 16.5. The number of rotatable bonds is 4. The van der Waals surface area contributed by atoms with Crippen molar-refractivity contribution in [3.63, 3.8) is 0 Å². The molecule has 1 aliphatic rings. The first-order valence-corrected chi connectivity index (χ1v) is 5.46. The molecule has 0 aromatic heterocycles. The van der Waals surface area contributed by atoms with Gasteiger partial charge in [0.1, 0.15) is 5.75 Å². The van der Waals surface area contributed by atoms with Crippen molar-refractivity contribution in [1.82, 2.24) is 0 Å². The Morgan fingerprint density at radius 1 is 1.11 bits per heavy atom. The third kappa shape index (κ3) is 2.13. The van der Waals surface area contributed by atoms with E-state index in [9.17, 15) is 0 Å². The predicted molar refractivity (Wildman–Crippen MR) is 66.4 cm³/mol. The van der Waals surface area contributed by atoms with E-state index < -0.39 is 0 Å². The summed E-state index contributed by atoms with van der Waals surface area (Å²) in [6, 6.07) is 3.76. The molecule has 1 aliphatic heterocycles. The second kappa shape index (κ2) is 5.03. The van der Waals surface area contributed by atoms with E-state index in [1.807, 2.05) is 6.07 Å². The molecule has 6 nitrogen and oxygen atoms in total. The molecule has 18 heavy (non-hydrogen) atoms. The van der Waals surface area contributed by atoms with Crippen LogP contribution in [0.3, 0.4) is 0 Å². The minimum atomic E-state index is -0.250. The summed E-state index contributed by atoms with van der Waals surface area (Å²) in [5.74, 6) is 1.87. The van der Waals surface area contributed by atoms with Crippen LogP contribution in [0.5, 0.6) is 17.2 Å². The number of nitrogens with zero attached hydrogens (tertiary/aromatic N) is 1. The molecule has 2 rings (SSSR count). The zero-order chi connectivity index (χ0) is 13.1. The molecule has 0 fully saturated rings. The van der Waals surface area contributed by atoms with Crippen molar-refractivity contribution in [2.75, 3.05) is 27.9 Å². The average molecular weight is 252 g/mol. The molecule has 0 bridgehead atoms. The first kappa shape index (κ1) is 12.3. The van der Waals surface area contributed by atoms with Gasteiger partial charge in [0.2, 0.25) is 0 Å². The van der Waals surface area contributed by atoms with E-state index in [1.54, 1.807) is 27.4 Å². The lowest BCUT2D eigenvalue weighted by atomic mass is 10.1. The zero-order valence-corrected chi connectivity index (χ0v) is 10.6. The van der Waals surface area contributed by atoms with E-state index >= 15 is 0 Å². The molecule has 2 N–H and O–H groups in total. The quantitative estimate of drug-likeness (QED) is 0.868. The van der Waals surface area contributed by atoms with Crippen molar-refractivity contribution in [1.29, 1.82) is 0 Å². The van der Waals surface area contributed by atoms with Crippen LogP contribution in [0, 0.1) is 0 Å². The number of methoxy groups -OCH3 is 3. The van der Waals surface area contributed by atoms with Gasteiger partial charge in [-0.15, -0.1) is 0 Å². The summed E-state index contributed by atoms with van der Waals surface area (Å²) < 4.78 is 21.2. The third-order valence-electron chi connectivity index (χ3n) is 2.76. The summed E-state index contributed by atoms with van der Waals surface area (Å²) in [6.07, 6.45) is -0.250. The van der Waals surface area contributed by atoms with Gasteiger partial charge in [0.15, 0.2) is 17.6 Å². The molecule has 1 heterocycles. The van der Waals surface area contributed by atoms with E-state index in [2.05, 4.69) is 4.99 Å². The summed E-state index contributed by atoms with van der Waals surface area (Å²) in [6.45, 7) is 0.470. The van der Waals surface area contributed by atoms with Crippen LogP contribution >= 0.6 is 0 Å². The summed E-state index contributed by atoms with van der Waals surface area (Å²) in [5, 5.41) is 0. The molecule has 0 saturated heterocycles. The van der Waals surface area contributed by atoms with Crippen LogP contribution in [0.2, 0.25) is 0 Å². The van der Waals surface area contributed by atoms with E-state index in [4.69, 9.17) is 24.7 Å². The minimum Gasteiger partial charge on any atom is -0.496 e. The fourth-order valence-electron chi connectivity index (χ4n) is 1.86. The molecular weight excluding hydrogens is 236 g/mol. The summed E-state index contributed by atoms with van der Waals surface area (Å²) in [7, 11) is 4.74. The Kier molecular flexibility index (Phi) is 3.45. The highest BCUT2D eigenvalue weighted by molar-refractivity contribution is 5.73. The molecule has 0 saturated carbocycles. The van der Waals surface area contributed by atoms with Crippen LogP contribution in [0.25, 0.3) is 0 Å². The number of benzene rings is 1. The Balaban J connectivity index is 2.39. The molecule has 0 radical (unpaired) electrons. The van der Waals surface area contributed by atoms with Gasteiger partial charge < -0.3 is 24.7 Å². The monoisotopic (exact) mass is 252 g/mol. The first-order chi connectivity index (χ1) is 8.69. The van der Waals surface area contributed by atoms with Gasteiger partial charge >= 0.3 is 0 Å². The Hall–Kier alpha value is -2.11. The van der Waals surface area contributed by atoms with Crippen molar-refractivity contribution in [2.24, 2.45) is 10.7 Å². The smallest absolute Gasteiger partial charge is 0.282 e. The third-order valence-corrected chi connectivity index (χ3v) is 2.76. The predicted octanol–water partition coefficient (Wildman–Crippen LogP) is 1.10. The summed E-state index contributed by atoms with van der Waals surface area (Å²) >= 11 is 0. The highest BCUT2D eigenvalue weighted by Gasteiger charge is 2.25. The van der Waals surface area contributed by atoms with Crippen LogP contribution < -0.4 is 19.9 Å². The fourth-order valence-corrected chi connectivity index (χ4v) is 1.86. The maximum Gasteiger partial charge on any atom is 0.282 e. The molecule has 0 aliphatic carbocycles. The standard InChI is InChI=1S/C12H16N2O4/c1-15-8-5-10(17-3)9(16-2)4-7(8)11-6-14-12(13)18-11/h4-5,11H,6H2,1-3H3,(H2,13,14). The normalized spacial score (nSPS) is 17.9. The van der Waals surface area contributed by atoms with E-state index in [0.29, 0.717) is 23.8 Å². The maximum atomic E-state index is 5.51. The van der Waals surface area contributed by atoms with E-state index in [0.717, 1.165) is 5.56 Å². The molecule has 6 heteroatoms. The molecule has 1 unspecified atom stereocenters. The SMILES string of the molecule is COc1cc(OC)c(C2CN=C(N)O2)cc1OC. The number of ether oxygens (including phenoxy) is 4. The van der Waals surface area contributed by atoms with Crippen molar-refractivity contribution in [3.05, 3.63) is 17.7 Å². The molecule has 98 valence electrons. The molecule has 1 aromatic rings. The van der Waals surface area contributed by atoms with Gasteiger partial charge in [-0.1, -0.05) is 0 Å². The van der Waals surface area contributed by atoms with Crippen molar-refractivity contribution < 1.29 is 18.9 Å². The fraction of sp³-hybridized carbons (Fsp3) is 0.417. The van der Waals surface area contributed by atoms with Crippen LogP contribution in [-0.4, -0.2) is 33.9 Å². The average Bonchev–Trinajstić information content (AvgIpc) is 2.83. The molecule has 1 atom stereocenters. The van der Waals surface area contributed by atoms with Gasteiger partial charge in [0, 0.05) is 11.6 Å².